The van der Waals surface area contributed by atoms with E-state index in [1.807, 2.05) is 32.0 Å². The van der Waals surface area contributed by atoms with Gasteiger partial charge in [0.1, 0.15) is 0 Å². The van der Waals surface area contributed by atoms with Crippen LogP contribution in [0.5, 0.6) is 0 Å². The molecule has 0 radical (unpaired) electrons. The summed E-state index contributed by atoms with van der Waals surface area (Å²) in [5, 5.41) is 9.83. The minimum absolute atomic E-state index is 0.0734. The van der Waals surface area contributed by atoms with Gasteiger partial charge in [0.05, 0.1) is 22.8 Å². The van der Waals surface area contributed by atoms with Gasteiger partial charge in [-0.25, -0.2) is 0 Å². The number of piperazine rings is 1. The first kappa shape index (κ1) is 17.2. The summed E-state index contributed by atoms with van der Waals surface area (Å²) in [6, 6.07) is 5.84. The van der Waals surface area contributed by atoms with Crippen LogP contribution >= 0.6 is 11.3 Å². The first-order valence-corrected chi connectivity index (χ1v) is 9.95. The van der Waals surface area contributed by atoms with Crippen LogP contribution in [0.2, 0.25) is 0 Å². The first-order chi connectivity index (χ1) is 12.7. The largest absolute Gasteiger partial charge is 0.339 e. The van der Waals surface area contributed by atoms with Crippen LogP contribution in [0, 0.1) is 0 Å². The van der Waals surface area contributed by atoms with Gasteiger partial charge in [-0.1, -0.05) is 6.07 Å². The Labute approximate surface area is 156 Å². The Hall–Kier alpha value is -2.19. The second-order valence-electron chi connectivity index (χ2n) is 6.68. The molecule has 2 amide bonds. The predicted octanol–water partition coefficient (Wildman–Crippen LogP) is 0.965. The topological polar surface area (TPSA) is 70.5 Å². The van der Waals surface area contributed by atoms with Gasteiger partial charge in [-0.15, -0.1) is 11.3 Å². The van der Waals surface area contributed by atoms with Gasteiger partial charge in [-0.2, -0.15) is 5.10 Å². The minimum Gasteiger partial charge on any atom is -0.339 e. The van der Waals surface area contributed by atoms with Crippen molar-refractivity contribution in [2.24, 2.45) is 0 Å². The zero-order valence-corrected chi connectivity index (χ0v) is 15.5. The third-order valence-electron chi connectivity index (χ3n) is 4.97. The van der Waals surface area contributed by atoms with Crippen molar-refractivity contribution in [3.05, 3.63) is 39.8 Å². The van der Waals surface area contributed by atoms with Crippen LogP contribution in [0.25, 0.3) is 0 Å². The van der Waals surface area contributed by atoms with Crippen molar-refractivity contribution in [1.82, 2.24) is 24.9 Å². The second kappa shape index (κ2) is 7.59. The van der Waals surface area contributed by atoms with Crippen molar-refractivity contribution in [2.45, 2.75) is 25.9 Å². The number of hydrogen-bond donors (Lipinski definition) is 1. The molecule has 2 aromatic rings. The van der Waals surface area contributed by atoms with Crippen molar-refractivity contribution in [2.75, 3.05) is 32.7 Å². The Morgan fingerprint density at radius 1 is 1.15 bits per heavy atom. The van der Waals surface area contributed by atoms with Crippen LogP contribution in [0.3, 0.4) is 0 Å². The SMILES string of the molecule is O=C(CCc1cc2n(n1)CCNC2)N1CCN(C(=O)c2cccs2)CC1. The fourth-order valence-corrected chi connectivity index (χ4v) is 4.17. The van der Waals surface area contributed by atoms with Gasteiger partial charge in [0.2, 0.25) is 5.91 Å². The maximum Gasteiger partial charge on any atom is 0.264 e. The summed E-state index contributed by atoms with van der Waals surface area (Å²) in [5.74, 6) is 0.224. The predicted molar refractivity (Wildman–Crippen MR) is 99.1 cm³/mol. The molecule has 2 aromatic heterocycles. The lowest BCUT2D eigenvalue weighted by molar-refractivity contribution is -0.132. The quantitative estimate of drug-likeness (QED) is 0.867. The molecule has 4 heterocycles. The molecule has 0 saturated carbocycles. The summed E-state index contributed by atoms with van der Waals surface area (Å²) in [4.78, 5) is 29.3. The summed E-state index contributed by atoms with van der Waals surface area (Å²) in [6.45, 7) is 5.12. The lowest BCUT2D eigenvalue weighted by Crippen LogP contribution is -2.50. The lowest BCUT2D eigenvalue weighted by atomic mass is 10.2. The third-order valence-corrected chi connectivity index (χ3v) is 5.82. The Bertz CT molecular complexity index is 754. The number of nitrogens with zero attached hydrogens (tertiary/aromatic N) is 4. The summed E-state index contributed by atoms with van der Waals surface area (Å²) >= 11 is 1.46. The summed E-state index contributed by atoms with van der Waals surface area (Å²) in [5.41, 5.74) is 2.18. The Morgan fingerprint density at radius 3 is 2.69 bits per heavy atom. The maximum absolute atomic E-state index is 12.5. The van der Waals surface area contributed by atoms with Crippen molar-refractivity contribution in [1.29, 1.82) is 0 Å². The van der Waals surface area contributed by atoms with E-state index in [0.717, 1.165) is 30.2 Å². The van der Waals surface area contributed by atoms with E-state index in [-0.39, 0.29) is 11.8 Å². The van der Waals surface area contributed by atoms with Gasteiger partial charge >= 0.3 is 0 Å². The van der Waals surface area contributed by atoms with Crippen molar-refractivity contribution in [3.8, 4) is 0 Å². The third kappa shape index (κ3) is 3.66. The number of hydrogen-bond acceptors (Lipinski definition) is 5. The average molecular weight is 373 g/mol. The smallest absolute Gasteiger partial charge is 0.264 e. The molecule has 2 aliphatic heterocycles. The number of amides is 2. The molecule has 138 valence electrons. The summed E-state index contributed by atoms with van der Waals surface area (Å²) in [7, 11) is 0. The number of aryl methyl sites for hydroxylation is 1. The van der Waals surface area contributed by atoms with Gasteiger partial charge < -0.3 is 15.1 Å². The Balaban J connectivity index is 1.26. The van der Waals surface area contributed by atoms with E-state index in [0.29, 0.717) is 39.0 Å². The van der Waals surface area contributed by atoms with Gasteiger partial charge in [0, 0.05) is 52.1 Å². The highest BCUT2D eigenvalue weighted by Gasteiger charge is 2.25. The number of carbonyl (C=O) groups excluding carboxylic acids is 2. The van der Waals surface area contributed by atoms with Crippen LogP contribution in [0.15, 0.2) is 23.6 Å². The number of fused-ring (bicyclic) bond motifs is 1. The molecule has 1 N–H and O–H groups in total. The highest BCUT2D eigenvalue weighted by atomic mass is 32.1. The normalized spacial score (nSPS) is 17.2. The molecule has 0 spiro atoms. The molecule has 7 nitrogen and oxygen atoms in total. The maximum atomic E-state index is 12.5. The van der Waals surface area contributed by atoms with Crippen LogP contribution < -0.4 is 5.32 Å². The number of nitrogens with one attached hydrogen (secondary N) is 1. The van der Waals surface area contributed by atoms with E-state index in [2.05, 4.69) is 16.5 Å². The number of thiophene rings is 1. The molecule has 0 unspecified atom stereocenters. The summed E-state index contributed by atoms with van der Waals surface area (Å²) in [6.07, 6.45) is 1.15. The fourth-order valence-electron chi connectivity index (χ4n) is 3.48. The van der Waals surface area contributed by atoms with Crippen LogP contribution in [-0.2, 0) is 24.3 Å². The zero-order valence-electron chi connectivity index (χ0n) is 14.7. The van der Waals surface area contributed by atoms with E-state index < -0.39 is 0 Å². The molecule has 0 atom stereocenters. The minimum atomic E-state index is 0.0734. The van der Waals surface area contributed by atoms with Gasteiger partial charge in [0.15, 0.2) is 0 Å². The molecule has 1 saturated heterocycles. The first-order valence-electron chi connectivity index (χ1n) is 9.07. The van der Waals surface area contributed by atoms with Crippen LogP contribution in [0.4, 0.5) is 0 Å². The van der Waals surface area contributed by atoms with Crippen molar-refractivity contribution in [3.63, 3.8) is 0 Å². The molecule has 0 aliphatic carbocycles. The van der Waals surface area contributed by atoms with Crippen LogP contribution in [-0.4, -0.2) is 64.1 Å². The van der Waals surface area contributed by atoms with Gasteiger partial charge in [0.25, 0.3) is 5.91 Å². The summed E-state index contributed by atoms with van der Waals surface area (Å²) < 4.78 is 2.03. The molecule has 1 fully saturated rings. The number of aromatic nitrogens is 2. The standard InChI is InChI=1S/C18H23N5O2S/c24-17(4-3-14-12-15-13-19-5-6-23(15)20-14)21-7-9-22(10-8-21)18(25)16-2-1-11-26-16/h1-2,11-12,19H,3-10,13H2. The van der Waals surface area contributed by atoms with E-state index in [1.165, 1.54) is 17.0 Å². The number of rotatable bonds is 4. The van der Waals surface area contributed by atoms with E-state index >= 15 is 0 Å². The molecule has 2 aliphatic rings. The Morgan fingerprint density at radius 2 is 1.96 bits per heavy atom. The van der Waals surface area contributed by atoms with Gasteiger partial charge in [-0.05, 0) is 17.5 Å². The number of carbonyl (C=O) groups is 2. The second-order valence-corrected chi connectivity index (χ2v) is 7.62. The molecule has 26 heavy (non-hydrogen) atoms. The van der Waals surface area contributed by atoms with Crippen molar-refractivity contribution < 1.29 is 9.59 Å². The average Bonchev–Trinajstić information content (AvgIpc) is 3.35. The molecular formula is C18H23N5O2S. The highest BCUT2D eigenvalue weighted by Crippen LogP contribution is 2.15. The molecule has 8 heteroatoms. The monoisotopic (exact) mass is 373 g/mol. The molecular weight excluding hydrogens is 350 g/mol. The fraction of sp³-hybridized carbons (Fsp3) is 0.500. The van der Waals surface area contributed by atoms with E-state index in [4.69, 9.17) is 0 Å². The molecule has 4 rings (SSSR count). The molecule has 0 aromatic carbocycles. The highest BCUT2D eigenvalue weighted by molar-refractivity contribution is 7.12. The Kier molecular flexibility index (Phi) is 5.03. The van der Waals surface area contributed by atoms with Crippen molar-refractivity contribution >= 4 is 23.2 Å². The van der Waals surface area contributed by atoms with E-state index in [1.54, 1.807) is 0 Å². The van der Waals surface area contributed by atoms with E-state index in [9.17, 15) is 9.59 Å². The molecule has 0 bridgehead atoms. The lowest BCUT2D eigenvalue weighted by Gasteiger charge is -2.34. The van der Waals surface area contributed by atoms with Crippen LogP contribution in [0.1, 0.15) is 27.5 Å². The zero-order chi connectivity index (χ0) is 17.9. The van der Waals surface area contributed by atoms with Gasteiger partial charge in [-0.3, -0.25) is 14.3 Å².